The Balaban J connectivity index is 2.02. The lowest BCUT2D eigenvalue weighted by Gasteiger charge is -2.01. The van der Waals surface area contributed by atoms with Gasteiger partial charge in [-0.25, -0.2) is 0 Å². The summed E-state index contributed by atoms with van der Waals surface area (Å²) in [4.78, 5) is 1.46. The van der Waals surface area contributed by atoms with E-state index in [0.717, 1.165) is 11.3 Å². The van der Waals surface area contributed by atoms with E-state index in [9.17, 15) is 0 Å². The Morgan fingerprint density at radius 1 is 1.05 bits per heavy atom. The number of rotatable bonds is 2. The van der Waals surface area contributed by atoms with Crippen LogP contribution in [-0.2, 0) is 0 Å². The summed E-state index contributed by atoms with van der Waals surface area (Å²) < 4.78 is 0. The normalized spacial score (nSPS) is 10.2. The number of nitrogen functional groups attached to an aromatic ring is 1. The second-order valence-electron chi connectivity index (χ2n) is 4.27. The maximum absolute atomic E-state index is 9.10. The Hall–Kier alpha value is -3.13. The molecular formula is C15H11N5. The van der Waals surface area contributed by atoms with E-state index in [0.29, 0.717) is 16.9 Å². The fourth-order valence-electron chi connectivity index (χ4n) is 1.91. The average Bonchev–Trinajstić information content (AvgIpc) is 2.97. The zero-order chi connectivity index (χ0) is 13.9. The predicted molar refractivity (Wildman–Crippen MR) is 75.9 cm³/mol. The maximum atomic E-state index is 9.10. The summed E-state index contributed by atoms with van der Waals surface area (Å²) in [6.07, 6.45) is 1.67. The van der Waals surface area contributed by atoms with Crippen LogP contribution in [0.1, 0.15) is 5.56 Å². The largest absolute Gasteiger partial charge is 0.399 e. The molecule has 0 saturated heterocycles. The number of hydrogen-bond acceptors (Lipinski definition) is 4. The number of nitrogens with two attached hydrogens (primary N) is 1. The van der Waals surface area contributed by atoms with Gasteiger partial charge >= 0.3 is 0 Å². The molecule has 3 rings (SSSR count). The van der Waals surface area contributed by atoms with Crippen molar-refractivity contribution >= 4 is 5.69 Å². The molecule has 0 radical (unpaired) electrons. The van der Waals surface area contributed by atoms with Gasteiger partial charge in [0.1, 0.15) is 17.5 Å². The lowest BCUT2D eigenvalue weighted by Crippen LogP contribution is -2.01. The molecule has 0 atom stereocenters. The quantitative estimate of drug-likeness (QED) is 0.718. The first kappa shape index (κ1) is 11.9. The number of anilines is 1. The molecule has 96 valence electrons. The smallest absolute Gasteiger partial charge is 0.113 e. The molecular weight excluding hydrogens is 250 g/mol. The van der Waals surface area contributed by atoms with Crippen molar-refractivity contribution in [3.8, 4) is 23.0 Å². The summed E-state index contributed by atoms with van der Waals surface area (Å²) in [7, 11) is 0. The first-order valence-electron chi connectivity index (χ1n) is 6.06. The highest BCUT2D eigenvalue weighted by molar-refractivity contribution is 5.61. The molecule has 1 aromatic heterocycles. The van der Waals surface area contributed by atoms with Gasteiger partial charge in [-0.2, -0.15) is 10.4 Å². The van der Waals surface area contributed by atoms with E-state index in [1.54, 1.807) is 12.3 Å². The van der Waals surface area contributed by atoms with Crippen molar-refractivity contribution in [2.24, 2.45) is 0 Å². The van der Waals surface area contributed by atoms with Gasteiger partial charge in [-0.1, -0.05) is 24.3 Å². The topological polar surface area (TPSA) is 80.5 Å². The Morgan fingerprint density at radius 2 is 1.80 bits per heavy atom. The monoisotopic (exact) mass is 261 g/mol. The molecule has 2 aromatic carbocycles. The van der Waals surface area contributed by atoms with Crippen molar-refractivity contribution in [3.05, 3.63) is 60.3 Å². The fourth-order valence-corrected chi connectivity index (χ4v) is 1.91. The van der Waals surface area contributed by atoms with Gasteiger partial charge in [-0.05, 0) is 24.3 Å². The van der Waals surface area contributed by atoms with Crippen molar-refractivity contribution in [3.63, 3.8) is 0 Å². The van der Waals surface area contributed by atoms with Crippen LogP contribution in [0, 0.1) is 11.3 Å². The zero-order valence-electron chi connectivity index (χ0n) is 10.6. The standard InChI is InChI=1S/C15H11N5/c16-9-12-3-1-2-4-15(12)20-18-10-14(19-20)11-5-7-13(17)8-6-11/h1-8,10H,17H2. The van der Waals surface area contributed by atoms with E-state index in [2.05, 4.69) is 16.3 Å². The maximum Gasteiger partial charge on any atom is 0.113 e. The van der Waals surface area contributed by atoms with E-state index in [1.807, 2.05) is 42.5 Å². The van der Waals surface area contributed by atoms with Gasteiger partial charge in [0.25, 0.3) is 0 Å². The number of hydrogen-bond donors (Lipinski definition) is 1. The van der Waals surface area contributed by atoms with Gasteiger partial charge in [0.15, 0.2) is 0 Å². The number of para-hydroxylation sites is 1. The summed E-state index contributed by atoms with van der Waals surface area (Å²) in [6, 6.07) is 16.8. The summed E-state index contributed by atoms with van der Waals surface area (Å²) >= 11 is 0. The molecule has 5 nitrogen and oxygen atoms in total. The number of aromatic nitrogens is 3. The van der Waals surface area contributed by atoms with E-state index < -0.39 is 0 Å². The van der Waals surface area contributed by atoms with Crippen LogP contribution in [0.15, 0.2) is 54.7 Å². The lowest BCUT2D eigenvalue weighted by molar-refractivity contribution is 0.752. The minimum atomic E-state index is 0.534. The number of nitriles is 1. The van der Waals surface area contributed by atoms with Crippen LogP contribution in [-0.4, -0.2) is 15.0 Å². The van der Waals surface area contributed by atoms with E-state index >= 15 is 0 Å². The van der Waals surface area contributed by atoms with Crippen LogP contribution in [0.5, 0.6) is 0 Å². The van der Waals surface area contributed by atoms with Crippen LogP contribution in [0.2, 0.25) is 0 Å². The highest BCUT2D eigenvalue weighted by Crippen LogP contribution is 2.19. The molecule has 2 N–H and O–H groups in total. The molecule has 0 fully saturated rings. The van der Waals surface area contributed by atoms with E-state index in [-0.39, 0.29) is 0 Å². The molecule has 1 heterocycles. The first-order chi connectivity index (χ1) is 9.78. The van der Waals surface area contributed by atoms with Gasteiger partial charge in [0.05, 0.1) is 11.8 Å². The van der Waals surface area contributed by atoms with Crippen molar-refractivity contribution in [1.82, 2.24) is 15.0 Å². The van der Waals surface area contributed by atoms with Crippen molar-refractivity contribution in [1.29, 1.82) is 5.26 Å². The summed E-state index contributed by atoms with van der Waals surface area (Å²) in [5, 5.41) is 17.7. The predicted octanol–water partition coefficient (Wildman–Crippen LogP) is 2.39. The Labute approximate surface area is 115 Å². The highest BCUT2D eigenvalue weighted by atomic mass is 15.5. The molecule has 0 aliphatic carbocycles. The fraction of sp³-hybridized carbons (Fsp3) is 0. The van der Waals surface area contributed by atoms with Gasteiger partial charge in [-0.3, -0.25) is 0 Å². The molecule has 3 aromatic rings. The van der Waals surface area contributed by atoms with Gasteiger partial charge in [0, 0.05) is 11.3 Å². The second kappa shape index (κ2) is 4.86. The number of benzene rings is 2. The molecule has 20 heavy (non-hydrogen) atoms. The molecule has 0 spiro atoms. The molecule has 0 unspecified atom stereocenters. The zero-order valence-corrected chi connectivity index (χ0v) is 10.6. The van der Waals surface area contributed by atoms with Gasteiger partial charge in [0.2, 0.25) is 0 Å². The minimum absolute atomic E-state index is 0.534. The van der Waals surface area contributed by atoms with Crippen LogP contribution in [0.4, 0.5) is 5.69 Å². The summed E-state index contributed by atoms with van der Waals surface area (Å²) in [6.45, 7) is 0. The molecule has 0 amide bonds. The van der Waals surface area contributed by atoms with Crippen molar-refractivity contribution in [2.45, 2.75) is 0 Å². The van der Waals surface area contributed by atoms with Gasteiger partial charge in [-0.15, -0.1) is 9.90 Å². The van der Waals surface area contributed by atoms with Crippen molar-refractivity contribution in [2.75, 3.05) is 5.73 Å². The van der Waals surface area contributed by atoms with E-state index in [4.69, 9.17) is 11.0 Å². The molecule has 5 heteroatoms. The lowest BCUT2D eigenvalue weighted by atomic mass is 10.1. The third-order valence-corrected chi connectivity index (χ3v) is 2.94. The van der Waals surface area contributed by atoms with Crippen LogP contribution in [0.3, 0.4) is 0 Å². The van der Waals surface area contributed by atoms with Crippen LogP contribution < -0.4 is 5.73 Å². The number of nitrogens with zero attached hydrogens (tertiary/aromatic N) is 4. The third kappa shape index (κ3) is 2.10. The van der Waals surface area contributed by atoms with Crippen LogP contribution in [0.25, 0.3) is 16.9 Å². The highest BCUT2D eigenvalue weighted by Gasteiger charge is 2.08. The summed E-state index contributed by atoms with van der Waals surface area (Å²) in [5.41, 5.74) is 9.23. The Kier molecular flexibility index (Phi) is 2.90. The first-order valence-corrected chi connectivity index (χ1v) is 6.06. The average molecular weight is 261 g/mol. The Morgan fingerprint density at radius 3 is 2.55 bits per heavy atom. The minimum Gasteiger partial charge on any atom is -0.399 e. The van der Waals surface area contributed by atoms with E-state index in [1.165, 1.54) is 4.80 Å². The molecule has 0 bridgehead atoms. The molecule has 0 saturated carbocycles. The van der Waals surface area contributed by atoms with Crippen molar-refractivity contribution < 1.29 is 0 Å². The Bertz CT molecular complexity index is 781. The summed E-state index contributed by atoms with van der Waals surface area (Å²) in [5.74, 6) is 0. The third-order valence-electron chi connectivity index (χ3n) is 2.94. The SMILES string of the molecule is N#Cc1ccccc1-n1ncc(-c2ccc(N)cc2)n1. The molecule has 0 aliphatic heterocycles. The molecule has 0 aliphatic rings. The van der Waals surface area contributed by atoms with Gasteiger partial charge < -0.3 is 5.73 Å². The second-order valence-corrected chi connectivity index (χ2v) is 4.27. The van der Waals surface area contributed by atoms with Crippen LogP contribution >= 0.6 is 0 Å².